The van der Waals surface area contributed by atoms with E-state index in [4.69, 9.17) is 0 Å². The zero-order valence-electron chi connectivity index (χ0n) is 18.5. The summed E-state index contributed by atoms with van der Waals surface area (Å²) in [5.41, 5.74) is 0.372. The van der Waals surface area contributed by atoms with Gasteiger partial charge in [0.15, 0.2) is 0 Å². The molecule has 0 spiro atoms. The Morgan fingerprint density at radius 2 is 1.75 bits per heavy atom. The summed E-state index contributed by atoms with van der Waals surface area (Å²) in [5, 5.41) is 31.7. The predicted molar refractivity (Wildman–Crippen MR) is 113 cm³/mol. The minimum atomic E-state index is -0.712. The Labute approximate surface area is 171 Å². The Balaban J connectivity index is 1.52. The Kier molecular flexibility index (Phi) is 5.29. The highest BCUT2D eigenvalue weighted by Crippen LogP contribution is 2.65. The van der Waals surface area contributed by atoms with E-state index in [9.17, 15) is 15.3 Å². The largest absolute Gasteiger partial charge is 0.393 e. The van der Waals surface area contributed by atoms with Crippen molar-refractivity contribution in [2.45, 2.75) is 109 Å². The second-order valence-corrected chi connectivity index (χ2v) is 11.8. The Bertz CT molecular complexity index is 616. The first kappa shape index (κ1) is 20.9. The first-order valence-electron chi connectivity index (χ1n) is 11.8. The lowest BCUT2D eigenvalue weighted by molar-refractivity contribution is -0.102. The van der Waals surface area contributed by atoms with Gasteiger partial charge >= 0.3 is 0 Å². The maximum absolute atomic E-state index is 11.4. The molecule has 3 fully saturated rings. The fourth-order valence-corrected chi connectivity index (χ4v) is 8.00. The van der Waals surface area contributed by atoms with Crippen molar-refractivity contribution in [3.63, 3.8) is 0 Å². The van der Waals surface area contributed by atoms with Gasteiger partial charge in [0.05, 0.1) is 17.3 Å². The van der Waals surface area contributed by atoms with Crippen molar-refractivity contribution >= 4 is 0 Å². The number of hydrogen-bond acceptors (Lipinski definition) is 3. The van der Waals surface area contributed by atoms with Gasteiger partial charge in [0, 0.05) is 0 Å². The standard InChI is InChI=1S/C25H42O3/c1-23(2,27)13-14-25(4,28)22-10-9-21-20-7-5-16-15-17(26)6-8-18(16)19(20)11-12-24(21,22)3/h5,17-22,26-28H,6-15H2,1-4H3. The van der Waals surface area contributed by atoms with Crippen LogP contribution in [0.15, 0.2) is 11.6 Å². The van der Waals surface area contributed by atoms with E-state index in [1.54, 1.807) is 5.57 Å². The van der Waals surface area contributed by atoms with Gasteiger partial charge in [-0.15, -0.1) is 0 Å². The highest BCUT2D eigenvalue weighted by Gasteiger charge is 2.59. The van der Waals surface area contributed by atoms with E-state index in [1.165, 1.54) is 32.1 Å². The second kappa shape index (κ2) is 7.10. The predicted octanol–water partition coefficient (Wildman–Crippen LogP) is 4.84. The van der Waals surface area contributed by atoms with Crippen molar-refractivity contribution in [3.05, 3.63) is 11.6 Å². The van der Waals surface area contributed by atoms with E-state index in [-0.39, 0.29) is 11.5 Å². The number of aliphatic hydroxyl groups excluding tert-OH is 1. The summed E-state index contributed by atoms with van der Waals surface area (Å²) in [6.45, 7) is 8.19. The van der Waals surface area contributed by atoms with E-state index < -0.39 is 11.2 Å². The molecule has 160 valence electrons. The molecule has 0 aliphatic heterocycles. The molecule has 0 heterocycles. The average molecular weight is 391 g/mol. The number of rotatable bonds is 4. The summed E-state index contributed by atoms with van der Waals surface area (Å²) in [7, 11) is 0. The van der Waals surface area contributed by atoms with Crippen molar-refractivity contribution < 1.29 is 15.3 Å². The quantitative estimate of drug-likeness (QED) is 0.602. The molecule has 28 heavy (non-hydrogen) atoms. The molecule has 4 aliphatic carbocycles. The summed E-state index contributed by atoms with van der Waals surface area (Å²) in [4.78, 5) is 0. The molecule has 0 aromatic rings. The van der Waals surface area contributed by atoms with Gasteiger partial charge in [0.2, 0.25) is 0 Å². The zero-order chi connectivity index (χ0) is 20.3. The lowest BCUT2D eigenvalue weighted by Gasteiger charge is -2.55. The molecule has 4 aliphatic rings. The Hall–Kier alpha value is -0.380. The lowest BCUT2D eigenvalue weighted by Crippen LogP contribution is -2.50. The molecule has 0 aromatic heterocycles. The fraction of sp³-hybridized carbons (Fsp3) is 0.920. The normalized spacial score (nSPS) is 45.5. The minimum Gasteiger partial charge on any atom is -0.393 e. The second-order valence-electron chi connectivity index (χ2n) is 11.8. The highest BCUT2D eigenvalue weighted by molar-refractivity contribution is 5.20. The lowest BCUT2D eigenvalue weighted by atomic mass is 9.50. The van der Waals surface area contributed by atoms with Crippen molar-refractivity contribution in [1.82, 2.24) is 0 Å². The first-order valence-corrected chi connectivity index (χ1v) is 11.8. The van der Waals surface area contributed by atoms with Gasteiger partial charge in [-0.05, 0) is 120 Å². The van der Waals surface area contributed by atoms with Gasteiger partial charge in [-0.2, -0.15) is 0 Å². The van der Waals surface area contributed by atoms with E-state index in [1.807, 2.05) is 20.8 Å². The summed E-state index contributed by atoms with van der Waals surface area (Å²) in [5.74, 6) is 3.33. The van der Waals surface area contributed by atoms with Crippen LogP contribution in [0.4, 0.5) is 0 Å². The summed E-state index contributed by atoms with van der Waals surface area (Å²) in [6, 6.07) is 0. The van der Waals surface area contributed by atoms with E-state index in [2.05, 4.69) is 13.0 Å². The van der Waals surface area contributed by atoms with Crippen molar-refractivity contribution in [3.8, 4) is 0 Å². The molecule has 0 saturated heterocycles. The van der Waals surface area contributed by atoms with Gasteiger partial charge < -0.3 is 15.3 Å². The van der Waals surface area contributed by atoms with Crippen LogP contribution in [0, 0.1) is 35.0 Å². The fourth-order valence-electron chi connectivity index (χ4n) is 8.00. The van der Waals surface area contributed by atoms with Crippen LogP contribution in [0.1, 0.15) is 91.9 Å². The molecule has 3 heteroatoms. The van der Waals surface area contributed by atoms with Crippen LogP contribution in [-0.4, -0.2) is 32.6 Å². The van der Waals surface area contributed by atoms with Crippen LogP contribution < -0.4 is 0 Å². The monoisotopic (exact) mass is 390 g/mol. The molecule has 0 bridgehead atoms. The molecule has 4 rings (SSSR count). The van der Waals surface area contributed by atoms with Gasteiger partial charge in [0.25, 0.3) is 0 Å². The van der Waals surface area contributed by atoms with Gasteiger partial charge in [0.1, 0.15) is 0 Å². The van der Waals surface area contributed by atoms with Crippen LogP contribution >= 0.6 is 0 Å². The topological polar surface area (TPSA) is 60.7 Å². The van der Waals surface area contributed by atoms with E-state index in [0.29, 0.717) is 24.7 Å². The SMILES string of the molecule is CC(C)(O)CCC(C)(O)C1CCC2C3CC=C4CC(O)CCC4C3CCC21C. The van der Waals surface area contributed by atoms with E-state index >= 15 is 0 Å². The Morgan fingerprint density at radius 1 is 1.00 bits per heavy atom. The van der Waals surface area contributed by atoms with Gasteiger partial charge in [-0.3, -0.25) is 0 Å². The molecule has 3 saturated carbocycles. The number of allylic oxidation sites excluding steroid dienone is 1. The molecule has 3 N–H and O–H groups in total. The molecule has 0 aromatic carbocycles. The highest BCUT2D eigenvalue weighted by atomic mass is 16.3. The van der Waals surface area contributed by atoms with Crippen molar-refractivity contribution in [2.75, 3.05) is 0 Å². The molecule has 0 amide bonds. The molecule has 3 nitrogen and oxygen atoms in total. The van der Waals surface area contributed by atoms with E-state index in [0.717, 1.165) is 37.0 Å². The Morgan fingerprint density at radius 3 is 2.46 bits per heavy atom. The molecular weight excluding hydrogens is 348 g/mol. The van der Waals surface area contributed by atoms with Gasteiger partial charge in [-0.1, -0.05) is 18.6 Å². The molecular formula is C25H42O3. The summed E-state index contributed by atoms with van der Waals surface area (Å²) >= 11 is 0. The average Bonchev–Trinajstić information content (AvgIpc) is 2.97. The van der Waals surface area contributed by atoms with Crippen LogP contribution in [0.2, 0.25) is 0 Å². The maximum Gasteiger partial charge on any atom is 0.0654 e. The molecule has 8 unspecified atom stereocenters. The minimum absolute atomic E-state index is 0.116. The van der Waals surface area contributed by atoms with Crippen LogP contribution in [-0.2, 0) is 0 Å². The van der Waals surface area contributed by atoms with Gasteiger partial charge in [-0.25, -0.2) is 0 Å². The smallest absolute Gasteiger partial charge is 0.0654 e. The summed E-state index contributed by atoms with van der Waals surface area (Å²) in [6.07, 6.45) is 12.8. The van der Waals surface area contributed by atoms with Crippen LogP contribution in [0.3, 0.4) is 0 Å². The van der Waals surface area contributed by atoms with Crippen LogP contribution in [0.5, 0.6) is 0 Å². The third-order valence-corrected chi connectivity index (χ3v) is 9.41. The summed E-state index contributed by atoms with van der Waals surface area (Å²) < 4.78 is 0. The number of hydrogen-bond donors (Lipinski definition) is 3. The van der Waals surface area contributed by atoms with Crippen molar-refractivity contribution in [1.29, 1.82) is 0 Å². The number of fused-ring (bicyclic) bond motifs is 5. The van der Waals surface area contributed by atoms with Crippen LogP contribution in [0.25, 0.3) is 0 Å². The maximum atomic E-state index is 11.4. The van der Waals surface area contributed by atoms with Crippen molar-refractivity contribution in [2.24, 2.45) is 35.0 Å². The third-order valence-electron chi connectivity index (χ3n) is 9.41. The first-order chi connectivity index (χ1) is 13.0. The zero-order valence-corrected chi connectivity index (χ0v) is 18.5. The molecule has 0 radical (unpaired) electrons. The molecule has 8 atom stereocenters. The third kappa shape index (κ3) is 3.61. The number of aliphatic hydroxyl groups is 3.